The van der Waals surface area contributed by atoms with Gasteiger partial charge in [0.15, 0.2) is 0 Å². The van der Waals surface area contributed by atoms with E-state index in [-0.39, 0.29) is 16.8 Å². The summed E-state index contributed by atoms with van der Waals surface area (Å²) in [6, 6.07) is 5.19. The molecule has 0 aliphatic heterocycles. The number of unbranched alkanes of at least 4 members (excludes halogenated alkanes) is 2. The molecule has 162 valence electrons. The van der Waals surface area contributed by atoms with E-state index >= 15 is 0 Å². The van der Waals surface area contributed by atoms with Crippen LogP contribution in [0.2, 0.25) is 0 Å². The molecule has 2 aromatic rings. The largest absolute Gasteiger partial charge is 0.354 e. The lowest BCUT2D eigenvalue weighted by molar-refractivity contribution is -0.121. The molecular weight excluding hydrogens is 388 g/mol. The van der Waals surface area contributed by atoms with Gasteiger partial charge in [0.25, 0.3) is 0 Å². The van der Waals surface area contributed by atoms with Crippen LogP contribution in [-0.4, -0.2) is 48.3 Å². The minimum absolute atomic E-state index is 0.0274. The summed E-state index contributed by atoms with van der Waals surface area (Å²) in [5.41, 5.74) is 1.52. The number of hydrogen-bond acceptors (Lipinski definition) is 4. The number of hydrogen-bond donors (Lipinski definition) is 1. The topological polar surface area (TPSA) is 84.3 Å². The van der Waals surface area contributed by atoms with E-state index in [0.717, 1.165) is 24.2 Å². The van der Waals surface area contributed by atoms with Crippen molar-refractivity contribution in [3.05, 3.63) is 24.0 Å². The number of nitrogens with one attached hydrogen (secondary N) is 1. The average Bonchev–Trinajstić information content (AvgIpc) is 3.03. The summed E-state index contributed by atoms with van der Waals surface area (Å²) < 4.78 is 28.0. The van der Waals surface area contributed by atoms with Crippen LogP contribution in [0, 0.1) is 0 Å². The standard InChI is InChI=1S/C21H34N4O3S/c1-6-8-9-10-16(3)22-21(26)14-13-20-23-18-15-17(29(27,28)24(4)5)11-12-19(18)25(20)7-2/h11-12,15-16H,6-10,13-14H2,1-5H3,(H,22,26)/t16-/m0/s1. The third kappa shape index (κ3) is 5.79. The highest BCUT2D eigenvalue weighted by Crippen LogP contribution is 2.22. The number of carbonyl (C=O) groups is 1. The van der Waals surface area contributed by atoms with Crippen molar-refractivity contribution in [3.63, 3.8) is 0 Å². The highest BCUT2D eigenvalue weighted by molar-refractivity contribution is 7.89. The molecule has 0 radical (unpaired) electrons. The molecule has 0 saturated carbocycles. The Bertz CT molecular complexity index is 935. The van der Waals surface area contributed by atoms with Crippen molar-refractivity contribution in [2.75, 3.05) is 14.1 Å². The van der Waals surface area contributed by atoms with Gasteiger partial charge in [0, 0.05) is 39.5 Å². The van der Waals surface area contributed by atoms with Gasteiger partial charge in [0.1, 0.15) is 5.82 Å². The smallest absolute Gasteiger partial charge is 0.242 e. The van der Waals surface area contributed by atoms with E-state index in [4.69, 9.17) is 0 Å². The van der Waals surface area contributed by atoms with E-state index in [1.165, 1.54) is 31.2 Å². The van der Waals surface area contributed by atoms with Gasteiger partial charge in [-0.15, -0.1) is 0 Å². The van der Waals surface area contributed by atoms with Crippen molar-refractivity contribution in [2.45, 2.75) is 76.8 Å². The van der Waals surface area contributed by atoms with Crippen LogP contribution >= 0.6 is 0 Å². The molecule has 0 aliphatic rings. The molecule has 0 saturated heterocycles. The minimum Gasteiger partial charge on any atom is -0.354 e. The maximum atomic E-state index is 12.4. The molecule has 1 N–H and O–H groups in total. The zero-order valence-corrected chi connectivity index (χ0v) is 19.1. The van der Waals surface area contributed by atoms with E-state index in [9.17, 15) is 13.2 Å². The average molecular weight is 423 g/mol. The molecule has 1 atom stereocenters. The van der Waals surface area contributed by atoms with Crippen molar-refractivity contribution >= 4 is 27.0 Å². The first-order chi connectivity index (χ1) is 13.7. The summed E-state index contributed by atoms with van der Waals surface area (Å²) in [5, 5.41) is 3.06. The number of amides is 1. The van der Waals surface area contributed by atoms with Crippen molar-refractivity contribution in [1.29, 1.82) is 0 Å². The number of fused-ring (bicyclic) bond motifs is 1. The first-order valence-corrected chi connectivity index (χ1v) is 11.9. The number of benzene rings is 1. The van der Waals surface area contributed by atoms with Gasteiger partial charge in [-0.25, -0.2) is 17.7 Å². The quantitative estimate of drug-likeness (QED) is 0.563. The fourth-order valence-electron chi connectivity index (χ4n) is 3.42. The molecule has 2 rings (SSSR count). The summed E-state index contributed by atoms with van der Waals surface area (Å²) in [6.45, 7) is 6.94. The van der Waals surface area contributed by atoms with Crippen molar-refractivity contribution < 1.29 is 13.2 Å². The normalized spacial score (nSPS) is 13.2. The maximum Gasteiger partial charge on any atom is 0.242 e. The monoisotopic (exact) mass is 422 g/mol. The van der Waals surface area contributed by atoms with Crippen LogP contribution in [0.15, 0.2) is 23.1 Å². The molecule has 29 heavy (non-hydrogen) atoms. The predicted octanol–water partition coefficient (Wildman–Crippen LogP) is 3.32. The summed E-state index contributed by atoms with van der Waals surface area (Å²) in [7, 11) is -0.485. The molecule has 0 unspecified atom stereocenters. The molecular formula is C21H34N4O3S. The van der Waals surface area contributed by atoms with Gasteiger partial charge in [-0.1, -0.05) is 26.2 Å². The molecule has 8 heteroatoms. The van der Waals surface area contributed by atoms with Crippen LogP contribution in [0.25, 0.3) is 11.0 Å². The van der Waals surface area contributed by atoms with Crippen LogP contribution in [0.5, 0.6) is 0 Å². The highest BCUT2D eigenvalue weighted by Gasteiger charge is 2.20. The fraction of sp³-hybridized carbons (Fsp3) is 0.619. The Morgan fingerprint density at radius 1 is 1.24 bits per heavy atom. The van der Waals surface area contributed by atoms with E-state index < -0.39 is 10.0 Å². The molecule has 7 nitrogen and oxygen atoms in total. The van der Waals surface area contributed by atoms with Crippen LogP contribution in [0.4, 0.5) is 0 Å². The fourth-order valence-corrected chi connectivity index (χ4v) is 4.34. The Morgan fingerprint density at radius 2 is 1.97 bits per heavy atom. The summed E-state index contributed by atoms with van der Waals surface area (Å²) >= 11 is 0. The van der Waals surface area contributed by atoms with Gasteiger partial charge >= 0.3 is 0 Å². The Labute approximate surface area is 174 Å². The van der Waals surface area contributed by atoms with Crippen molar-refractivity contribution in [2.24, 2.45) is 0 Å². The van der Waals surface area contributed by atoms with Gasteiger partial charge in [0.2, 0.25) is 15.9 Å². The Kier molecular flexibility index (Phi) is 8.22. The Balaban J connectivity index is 2.12. The molecule has 1 aromatic heterocycles. The van der Waals surface area contributed by atoms with E-state index in [2.05, 4.69) is 17.2 Å². The molecule has 0 bridgehead atoms. The van der Waals surface area contributed by atoms with E-state index in [1.807, 2.05) is 18.4 Å². The SMILES string of the molecule is CCCCC[C@H](C)NC(=O)CCc1nc2cc(S(=O)(=O)N(C)C)ccc2n1CC. The third-order valence-electron chi connectivity index (χ3n) is 5.12. The minimum atomic E-state index is -3.51. The number of aryl methyl sites for hydroxylation is 2. The van der Waals surface area contributed by atoms with Crippen LogP contribution in [0.3, 0.4) is 0 Å². The second kappa shape index (κ2) is 10.2. The number of rotatable bonds is 11. The zero-order valence-electron chi connectivity index (χ0n) is 18.2. The van der Waals surface area contributed by atoms with Crippen LogP contribution in [-0.2, 0) is 27.8 Å². The number of nitrogens with zero attached hydrogens (tertiary/aromatic N) is 3. The van der Waals surface area contributed by atoms with Gasteiger partial charge < -0.3 is 9.88 Å². The van der Waals surface area contributed by atoms with Crippen LogP contribution < -0.4 is 5.32 Å². The zero-order chi connectivity index (χ0) is 21.6. The molecule has 0 fully saturated rings. The van der Waals surface area contributed by atoms with Gasteiger partial charge in [-0.05, 0) is 38.5 Å². The first-order valence-electron chi connectivity index (χ1n) is 10.4. The second-order valence-corrected chi connectivity index (χ2v) is 9.83. The van der Waals surface area contributed by atoms with Crippen molar-refractivity contribution in [1.82, 2.24) is 19.2 Å². The third-order valence-corrected chi connectivity index (χ3v) is 6.93. The number of sulfonamides is 1. The molecule has 1 aromatic carbocycles. The van der Waals surface area contributed by atoms with Gasteiger partial charge in [-0.3, -0.25) is 4.79 Å². The Hall–Kier alpha value is -1.93. The summed E-state index contributed by atoms with van der Waals surface area (Å²) in [5.74, 6) is 0.829. The predicted molar refractivity (Wildman–Crippen MR) is 116 cm³/mol. The highest BCUT2D eigenvalue weighted by atomic mass is 32.2. The van der Waals surface area contributed by atoms with Gasteiger partial charge in [-0.2, -0.15) is 0 Å². The van der Waals surface area contributed by atoms with E-state index in [1.54, 1.807) is 18.2 Å². The number of carbonyl (C=O) groups excluding carboxylic acids is 1. The number of aromatic nitrogens is 2. The lowest BCUT2D eigenvalue weighted by Crippen LogP contribution is -2.32. The van der Waals surface area contributed by atoms with Gasteiger partial charge in [0.05, 0.1) is 15.9 Å². The first kappa shape index (κ1) is 23.3. The maximum absolute atomic E-state index is 12.4. The molecule has 0 spiro atoms. The van der Waals surface area contributed by atoms with Crippen molar-refractivity contribution in [3.8, 4) is 0 Å². The summed E-state index contributed by atoms with van der Waals surface area (Å²) in [4.78, 5) is 17.2. The molecule has 0 aliphatic carbocycles. The molecule has 1 amide bonds. The second-order valence-electron chi connectivity index (χ2n) is 7.67. The number of imidazole rings is 1. The summed E-state index contributed by atoms with van der Waals surface area (Å²) in [6.07, 6.45) is 5.37. The van der Waals surface area contributed by atoms with Crippen LogP contribution in [0.1, 0.15) is 58.7 Å². The lowest BCUT2D eigenvalue weighted by atomic mass is 10.1. The molecule has 1 heterocycles. The lowest BCUT2D eigenvalue weighted by Gasteiger charge is -2.13. The van der Waals surface area contributed by atoms with E-state index in [0.29, 0.717) is 24.9 Å². The Morgan fingerprint density at radius 3 is 2.59 bits per heavy atom.